The van der Waals surface area contributed by atoms with Gasteiger partial charge in [0.25, 0.3) is 0 Å². The number of nitrogens with one attached hydrogen (secondary N) is 4. The van der Waals surface area contributed by atoms with Crippen molar-refractivity contribution >= 4 is 180 Å². The highest BCUT2D eigenvalue weighted by Gasteiger charge is 2.26. The first-order valence-electron chi connectivity index (χ1n) is 47.2. The van der Waals surface area contributed by atoms with E-state index in [-0.39, 0.29) is 136 Å². The minimum Gasteiger partial charge on any atom is -0.356 e. The first kappa shape index (κ1) is 127. The zero-order chi connectivity index (χ0) is 81.0. The highest BCUT2D eigenvalue weighted by molar-refractivity contribution is 5.97. The van der Waals surface area contributed by atoms with Crippen LogP contribution in [0.2, 0.25) is 0 Å². The van der Waals surface area contributed by atoms with Crippen molar-refractivity contribution in [3.63, 3.8) is 0 Å². The van der Waals surface area contributed by atoms with Gasteiger partial charge < -0.3 is 59.8 Å². The highest BCUT2D eigenvalue weighted by Crippen LogP contribution is 2.39. The van der Waals surface area contributed by atoms with Gasteiger partial charge in [0.1, 0.15) is 0 Å². The molecule has 16 nitrogen and oxygen atoms in total. The van der Waals surface area contributed by atoms with E-state index >= 15 is 0 Å². The fourth-order valence-corrected chi connectivity index (χ4v) is 18.5. The molecule has 2 atom stereocenters. The maximum Gasteiger partial charge on any atom is 0.220 e. The summed E-state index contributed by atoms with van der Waals surface area (Å²) in [6.45, 7) is 36.8. The van der Waals surface area contributed by atoms with Crippen molar-refractivity contribution in [3.05, 3.63) is 69.3 Å². The van der Waals surface area contributed by atoms with E-state index in [4.69, 9.17) is 9.97 Å². The fourth-order valence-electron chi connectivity index (χ4n) is 18.5. The summed E-state index contributed by atoms with van der Waals surface area (Å²) >= 11 is 0. The highest BCUT2D eigenvalue weighted by atomic mass is 35.5. The third kappa shape index (κ3) is 47.9. The number of amides is 2. The summed E-state index contributed by atoms with van der Waals surface area (Å²) in [4.78, 5) is 68.5. The second-order valence-corrected chi connectivity index (χ2v) is 35.6. The Hall–Kier alpha value is -1.88. The molecule has 7 heterocycles. The lowest BCUT2D eigenvalue weighted by Crippen LogP contribution is -2.40. The summed E-state index contributed by atoms with van der Waals surface area (Å²) in [5, 5.41) is 6.86. The number of hydrogen-bond donors (Lipinski definition) is 4. The van der Waals surface area contributed by atoms with Crippen molar-refractivity contribution in [1.82, 2.24) is 69.8 Å². The zero-order valence-corrected chi connectivity index (χ0v) is 87.7. The quantitative estimate of drug-likeness (QED) is 0.0404. The molecule has 7 rings (SSSR count). The molecule has 123 heavy (non-hydrogen) atoms. The number of carbonyl (C=O) groups is 2. The van der Waals surface area contributed by atoms with E-state index in [9.17, 15) is 9.59 Å². The third-order valence-electron chi connectivity index (χ3n) is 26.3. The maximum absolute atomic E-state index is 14.4. The second-order valence-electron chi connectivity index (χ2n) is 35.6. The SMILES string of the molecule is CCCCCCCCCCCCCC1CCN(CCCNC(=O)CCC2=C(C)c3cc4[nH]c(cc5[nH]c(cc6nc(cc2n3)C(CCC(=O)NCCN2CCCN(C)CCCCN(C)CCCN(C)C(CCCCCCCCCCCCC)CC2)=C6C)c(C)c5CC)c(C)c4CC)CCCN(C)CCCCN(C)CCCN1C.Cl.Cl.Cl.Cl.Cl.Cl.Cl.Cl.Cl.Cl. The molecule has 0 saturated carbocycles. The van der Waals surface area contributed by atoms with E-state index in [1.807, 2.05) is 0 Å². The number of fused-ring (bicyclic) bond motifs is 8. The molecule has 0 radical (unpaired) electrons. The summed E-state index contributed by atoms with van der Waals surface area (Å²) < 4.78 is 0. The van der Waals surface area contributed by atoms with Crippen LogP contribution in [-0.4, -0.2) is 243 Å². The van der Waals surface area contributed by atoms with Crippen LogP contribution in [-0.2, 0) is 22.4 Å². The molecular formula is C97H180Cl10N14O2. The molecule has 26 heteroatoms. The van der Waals surface area contributed by atoms with Crippen LogP contribution >= 0.6 is 124 Å². The van der Waals surface area contributed by atoms with E-state index in [1.54, 1.807) is 0 Å². The van der Waals surface area contributed by atoms with Crippen LogP contribution in [0, 0.1) is 13.8 Å². The number of aromatic amines is 2. The molecule has 720 valence electrons. The van der Waals surface area contributed by atoms with Crippen LogP contribution in [0.3, 0.4) is 0 Å². The van der Waals surface area contributed by atoms with Gasteiger partial charge in [-0.15, -0.1) is 124 Å². The molecule has 2 saturated heterocycles. The molecule has 2 amide bonds. The molecule has 2 fully saturated rings. The Morgan fingerprint density at radius 2 is 0.667 bits per heavy atom. The predicted molar refractivity (Wildman–Crippen MR) is 560 cm³/mol. The lowest BCUT2D eigenvalue weighted by molar-refractivity contribution is -0.121. The number of H-pyrrole nitrogens is 2. The Morgan fingerprint density at radius 3 is 1.04 bits per heavy atom. The lowest BCUT2D eigenvalue weighted by atomic mass is 9.98. The second kappa shape index (κ2) is 74.6. The van der Waals surface area contributed by atoms with Crippen LogP contribution in [0.25, 0.3) is 44.4 Å². The Labute approximate surface area is 813 Å². The van der Waals surface area contributed by atoms with Crippen molar-refractivity contribution in [1.29, 1.82) is 0 Å². The van der Waals surface area contributed by atoms with Gasteiger partial charge in [-0.05, 0) is 346 Å². The van der Waals surface area contributed by atoms with E-state index in [1.165, 1.54) is 241 Å². The number of aryl methyl sites for hydroxylation is 4. The Bertz CT molecular complexity index is 3450. The number of carbonyl (C=O) groups excluding carboxylic acids is 2. The number of halogens is 10. The van der Waals surface area contributed by atoms with Gasteiger partial charge in [-0.1, -0.05) is 169 Å². The molecule has 4 aliphatic heterocycles. The van der Waals surface area contributed by atoms with Crippen molar-refractivity contribution in [2.24, 2.45) is 0 Å². The molecule has 4 aliphatic rings. The van der Waals surface area contributed by atoms with E-state index < -0.39 is 0 Å². The largest absolute Gasteiger partial charge is 0.356 e. The Morgan fingerprint density at radius 1 is 0.350 bits per heavy atom. The van der Waals surface area contributed by atoms with E-state index in [2.05, 4.69) is 182 Å². The van der Waals surface area contributed by atoms with Gasteiger partial charge in [-0.25, -0.2) is 9.97 Å². The average Bonchev–Trinajstić information content (AvgIpc) is 1.62. The number of hydrogen-bond acceptors (Lipinski definition) is 12. The topological polar surface area (TPSA) is 141 Å². The number of nitrogens with zero attached hydrogens (tertiary/aromatic N) is 10. The Kier molecular flexibility index (Phi) is 77.3. The number of rotatable bonds is 39. The summed E-state index contributed by atoms with van der Waals surface area (Å²) in [6, 6.07) is 10.1. The standard InChI is InChI=1S/C97H170N14O2.10ClH/c1-15-19-21-23-25-27-29-31-33-35-37-48-82-54-71-110(69-46-64-106(11)60-41-39-58-104(9)62-44-66-108(82)13)68-43-56-98-96(112)52-50-87-81(8)91-76-93-85(18-4)79(6)90(101-93)75-92-84(17-3)78(5)88(100-92)74-89-80(7)86(94(102-89)77-95(87)103-91)51-53-97(113)99-57-73-111-70-47-65-107(12)61-42-40-59-105(10)63-45-67-109(14)83(55-72-111)49-38-36-34-32-30-28-26-24-22-20-16-2;;;;;;;;;;/h74-77,82-83,100-101H,15-73H2,1-14H3,(H,98,112)(H,99,113);10*1H. The van der Waals surface area contributed by atoms with Gasteiger partial charge in [0.2, 0.25) is 11.8 Å². The van der Waals surface area contributed by atoms with Crippen molar-refractivity contribution in [2.45, 2.75) is 331 Å². The smallest absolute Gasteiger partial charge is 0.220 e. The number of aromatic nitrogens is 4. The normalized spacial score (nSPS) is 17.6. The van der Waals surface area contributed by atoms with Crippen molar-refractivity contribution < 1.29 is 9.59 Å². The van der Waals surface area contributed by atoms with E-state index in [0.29, 0.717) is 50.9 Å². The van der Waals surface area contributed by atoms with Crippen LogP contribution in [0.4, 0.5) is 0 Å². The molecule has 3 aromatic heterocycles. The maximum atomic E-state index is 14.4. The van der Waals surface area contributed by atoms with Gasteiger partial charge in [0.05, 0.1) is 22.8 Å². The summed E-state index contributed by atoms with van der Waals surface area (Å²) in [5.74, 6) is 0.160. The first-order valence-corrected chi connectivity index (χ1v) is 47.2. The summed E-state index contributed by atoms with van der Waals surface area (Å²) in [6.07, 6.45) is 49.4. The minimum absolute atomic E-state index is 0. The summed E-state index contributed by atoms with van der Waals surface area (Å²) in [7, 11) is 14.0. The van der Waals surface area contributed by atoms with Gasteiger partial charge in [-0.2, -0.15) is 0 Å². The van der Waals surface area contributed by atoms with E-state index in [0.717, 1.165) is 191 Å². The van der Waals surface area contributed by atoms with Gasteiger partial charge in [0.15, 0.2) is 0 Å². The molecule has 0 spiro atoms. The first-order chi connectivity index (χ1) is 54.9. The average molecular weight is 1930 g/mol. The third-order valence-corrected chi connectivity index (χ3v) is 26.3. The summed E-state index contributed by atoms with van der Waals surface area (Å²) in [5.41, 5.74) is 17.2. The van der Waals surface area contributed by atoms with Gasteiger partial charge in [-0.3, -0.25) is 9.59 Å². The van der Waals surface area contributed by atoms with Crippen LogP contribution in [0.15, 0.2) is 24.3 Å². The van der Waals surface area contributed by atoms with Gasteiger partial charge >= 0.3 is 0 Å². The minimum atomic E-state index is 0. The molecule has 8 bridgehead atoms. The van der Waals surface area contributed by atoms with Crippen LogP contribution in [0.5, 0.6) is 0 Å². The molecule has 0 aliphatic carbocycles. The zero-order valence-electron chi connectivity index (χ0n) is 79.6. The number of unbranched alkanes of at least 4 members (excludes halogenated alkanes) is 20. The fraction of sp³-hybridized carbons (Fsp3) is 0.773. The van der Waals surface area contributed by atoms with Gasteiger partial charge in [0, 0.05) is 66.6 Å². The molecule has 3 aromatic rings. The monoisotopic (exact) mass is 1920 g/mol. The lowest BCUT2D eigenvalue weighted by Gasteiger charge is -2.32. The van der Waals surface area contributed by atoms with Crippen molar-refractivity contribution in [2.75, 3.05) is 160 Å². The Balaban J connectivity index is -0.00000708. The van der Waals surface area contributed by atoms with Crippen molar-refractivity contribution in [3.8, 4) is 0 Å². The van der Waals surface area contributed by atoms with Crippen LogP contribution in [0.1, 0.15) is 337 Å². The molecule has 2 unspecified atom stereocenters. The molecule has 0 aromatic carbocycles. The van der Waals surface area contributed by atoms with Crippen LogP contribution < -0.4 is 10.6 Å². The number of allylic oxidation sites excluding steroid dienone is 4. The molecular weight excluding hydrogens is 1750 g/mol. The molecule has 4 N–H and O–H groups in total. The predicted octanol–water partition coefficient (Wildman–Crippen LogP) is 24.6.